The zero-order valence-electron chi connectivity index (χ0n) is 28.0. The van der Waals surface area contributed by atoms with Crippen LogP contribution in [0.3, 0.4) is 0 Å². The first-order valence-corrected chi connectivity index (χ1v) is 29.3. The first-order chi connectivity index (χ1) is 17.8. The molecule has 0 aromatic rings. The van der Waals surface area contributed by atoms with E-state index in [1.165, 1.54) is 19.3 Å². The van der Waals surface area contributed by atoms with Crippen LogP contribution >= 0.6 is 0 Å². The lowest BCUT2D eigenvalue weighted by Crippen LogP contribution is -2.44. The molecule has 0 radical (unpaired) electrons. The Morgan fingerprint density at radius 1 is 0.590 bits per heavy atom. The van der Waals surface area contributed by atoms with Gasteiger partial charge in [0.1, 0.15) is 0 Å². The van der Waals surface area contributed by atoms with Gasteiger partial charge < -0.3 is 17.7 Å². The standard InChI is InChI=1S/C30H66O5Si4/c1-36(2,3)32-27-23-19-14-13-16-20-24-28(33-37(4,5)6)29(34-38(7,8)9)25-21-17-15-18-22-26-30(31)35-39(10,11)12/h16,20,28-29H,13-15,17-19,21-27H2,1-12H3/b20-16-. The number of hydrogen-bond acceptors (Lipinski definition) is 5. The highest BCUT2D eigenvalue weighted by Crippen LogP contribution is 2.24. The molecule has 0 rings (SSSR count). The third kappa shape index (κ3) is 27.9. The molecular formula is C30H66O5Si4. The maximum atomic E-state index is 12.0. The molecule has 0 heterocycles. The summed E-state index contributed by atoms with van der Waals surface area (Å²) in [5.41, 5.74) is 0. The first-order valence-electron chi connectivity index (χ1n) is 15.6. The van der Waals surface area contributed by atoms with Crippen molar-refractivity contribution in [2.75, 3.05) is 6.61 Å². The number of hydrogen-bond donors (Lipinski definition) is 0. The molecule has 232 valence electrons. The highest BCUT2D eigenvalue weighted by Gasteiger charge is 2.31. The van der Waals surface area contributed by atoms with E-state index in [1.54, 1.807) is 0 Å². The van der Waals surface area contributed by atoms with Gasteiger partial charge in [0, 0.05) is 13.0 Å². The summed E-state index contributed by atoms with van der Waals surface area (Å²) in [7, 11) is -6.56. The van der Waals surface area contributed by atoms with Crippen LogP contribution in [0.2, 0.25) is 78.6 Å². The third-order valence-electron chi connectivity index (χ3n) is 5.80. The molecule has 5 nitrogen and oxygen atoms in total. The van der Waals surface area contributed by atoms with E-state index in [0.29, 0.717) is 6.42 Å². The molecule has 9 heteroatoms. The lowest BCUT2D eigenvalue weighted by atomic mass is 10.0. The Kier molecular flexibility index (Phi) is 19.2. The van der Waals surface area contributed by atoms with Crippen molar-refractivity contribution in [3.05, 3.63) is 12.2 Å². The van der Waals surface area contributed by atoms with Gasteiger partial charge in [-0.2, -0.15) is 0 Å². The van der Waals surface area contributed by atoms with Crippen molar-refractivity contribution in [1.29, 1.82) is 0 Å². The van der Waals surface area contributed by atoms with Crippen LogP contribution < -0.4 is 0 Å². The van der Waals surface area contributed by atoms with Gasteiger partial charge in [-0.1, -0.05) is 44.3 Å². The highest BCUT2D eigenvalue weighted by molar-refractivity contribution is 6.71. The molecule has 2 unspecified atom stereocenters. The van der Waals surface area contributed by atoms with Crippen molar-refractivity contribution in [2.45, 2.75) is 168 Å². The van der Waals surface area contributed by atoms with Gasteiger partial charge in [-0.05, 0) is 117 Å². The van der Waals surface area contributed by atoms with Gasteiger partial charge in [-0.25, -0.2) is 0 Å². The summed E-state index contributed by atoms with van der Waals surface area (Å²) in [5.74, 6) is -0.0202. The van der Waals surface area contributed by atoms with Gasteiger partial charge in [0.05, 0.1) is 12.2 Å². The fraction of sp³-hybridized carbons (Fsp3) is 0.900. The summed E-state index contributed by atoms with van der Waals surface area (Å²) in [5, 5.41) is 0. The Labute approximate surface area is 247 Å². The summed E-state index contributed by atoms with van der Waals surface area (Å²) >= 11 is 0. The maximum absolute atomic E-state index is 12.0. The second-order valence-electron chi connectivity index (χ2n) is 14.9. The lowest BCUT2D eigenvalue weighted by Gasteiger charge is -2.36. The molecule has 0 aliphatic carbocycles. The molecule has 0 saturated carbocycles. The number of carbonyl (C=O) groups is 1. The minimum absolute atomic E-state index is 0.0202. The smallest absolute Gasteiger partial charge is 0.292 e. The van der Waals surface area contributed by atoms with Crippen LogP contribution in [0.15, 0.2) is 12.2 Å². The van der Waals surface area contributed by atoms with E-state index in [-0.39, 0.29) is 18.2 Å². The molecule has 0 aromatic heterocycles. The summed E-state index contributed by atoms with van der Waals surface area (Å²) in [6, 6.07) is 0. The Bertz CT molecular complexity index is 673. The minimum atomic E-state index is -1.77. The van der Waals surface area contributed by atoms with Crippen LogP contribution in [0.4, 0.5) is 0 Å². The average Bonchev–Trinajstić information content (AvgIpc) is 2.72. The van der Waals surface area contributed by atoms with Gasteiger partial charge in [-0.15, -0.1) is 0 Å². The molecule has 0 aromatic carbocycles. The number of unbranched alkanes of at least 4 members (excludes halogenated alkanes) is 7. The highest BCUT2D eigenvalue weighted by atomic mass is 28.4. The van der Waals surface area contributed by atoms with E-state index >= 15 is 0 Å². The van der Waals surface area contributed by atoms with Crippen molar-refractivity contribution < 1.29 is 22.5 Å². The monoisotopic (exact) mass is 618 g/mol. The topological polar surface area (TPSA) is 54.0 Å². The van der Waals surface area contributed by atoms with E-state index in [9.17, 15) is 4.79 Å². The van der Waals surface area contributed by atoms with Crippen molar-refractivity contribution in [1.82, 2.24) is 0 Å². The number of rotatable bonds is 23. The molecule has 0 spiro atoms. The molecule has 0 saturated heterocycles. The molecule has 0 aliphatic heterocycles. The number of allylic oxidation sites excluding steroid dienone is 1. The molecule has 0 amide bonds. The Morgan fingerprint density at radius 2 is 1.13 bits per heavy atom. The van der Waals surface area contributed by atoms with Crippen LogP contribution in [0, 0.1) is 0 Å². The van der Waals surface area contributed by atoms with Gasteiger partial charge in [0.2, 0.25) is 8.32 Å². The van der Waals surface area contributed by atoms with E-state index in [2.05, 4.69) is 90.7 Å². The van der Waals surface area contributed by atoms with Crippen molar-refractivity contribution in [2.24, 2.45) is 0 Å². The normalized spacial score (nSPS) is 15.1. The van der Waals surface area contributed by atoms with Crippen LogP contribution in [0.25, 0.3) is 0 Å². The summed E-state index contributed by atoms with van der Waals surface area (Å²) < 4.78 is 25.0. The predicted molar refractivity (Wildman–Crippen MR) is 180 cm³/mol. The quantitative estimate of drug-likeness (QED) is 0.0648. The van der Waals surface area contributed by atoms with Crippen LogP contribution in [0.5, 0.6) is 0 Å². The van der Waals surface area contributed by atoms with Gasteiger partial charge in [0.25, 0.3) is 5.97 Å². The zero-order chi connectivity index (χ0) is 30.2. The van der Waals surface area contributed by atoms with Crippen LogP contribution in [0.1, 0.15) is 77.0 Å². The van der Waals surface area contributed by atoms with Crippen molar-refractivity contribution in [3.63, 3.8) is 0 Å². The first kappa shape index (κ1) is 39.0. The Balaban J connectivity index is 4.71. The van der Waals surface area contributed by atoms with Gasteiger partial charge in [0.15, 0.2) is 25.0 Å². The maximum Gasteiger partial charge on any atom is 0.292 e. The fourth-order valence-electron chi connectivity index (χ4n) is 4.31. The SMILES string of the molecule is C[Si](C)(C)OCCCCC/C=C\CC(O[Si](C)(C)C)C(CCCCCCCC(=O)O[Si](C)(C)C)O[Si](C)(C)C. The zero-order valence-corrected chi connectivity index (χ0v) is 32.0. The molecule has 0 bridgehead atoms. The van der Waals surface area contributed by atoms with Crippen LogP contribution in [-0.2, 0) is 22.5 Å². The van der Waals surface area contributed by atoms with Crippen LogP contribution in [-0.4, -0.2) is 58.1 Å². The minimum Gasteiger partial charge on any atom is -0.520 e. The lowest BCUT2D eigenvalue weighted by molar-refractivity contribution is -0.135. The van der Waals surface area contributed by atoms with Gasteiger partial charge in [-0.3, -0.25) is 4.79 Å². The Hall–Kier alpha value is -0.0425. The molecule has 0 N–H and O–H groups in total. The molecule has 39 heavy (non-hydrogen) atoms. The van der Waals surface area contributed by atoms with E-state index in [0.717, 1.165) is 58.0 Å². The largest absolute Gasteiger partial charge is 0.520 e. The average molecular weight is 619 g/mol. The predicted octanol–water partition coefficient (Wildman–Crippen LogP) is 9.89. The van der Waals surface area contributed by atoms with E-state index in [4.69, 9.17) is 17.7 Å². The second-order valence-corrected chi connectivity index (χ2v) is 32.8. The second kappa shape index (κ2) is 19.2. The van der Waals surface area contributed by atoms with E-state index < -0.39 is 33.3 Å². The molecule has 0 fully saturated rings. The molecular weight excluding hydrogens is 553 g/mol. The van der Waals surface area contributed by atoms with Gasteiger partial charge >= 0.3 is 0 Å². The summed E-state index contributed by atoms with van der Waals surface area (Å²) in [6.45, 7) is 27.6. The molecule has 0 aliphatic rings. The van der Waals surface area contributed by atoms with E-state index in [1.807, 2.05) is 0 Å². The Morgan fingerprint density at radius 3 is 1.69 bits per heavy atom. The fourth-order valence-corrected chi connectivity index (χ4v) is 8.19. The summed E-state index contributed by atoms with van der Waals surface area (Å²) in [4.78, 5) is 12.0. The third-order valence-corrected chi connectivity index (χ3v) is 9.73. The van der Waals surface area contributed by atoms with Crippen molar-refractivity contribution >= 4 is 39.2 Å². The summed E-state index contributed by atoms with van der Waals surface area (Å²) in [6.07, 6.45) is 17.7. The van der Waals surface area contributed by atoms with Crippen molar-refractivity contribution in [3.8, 4) is 0 Å². The number of carbonyl (C=O) groups excluding carboxylic acids is 1. The molecule has 2 atom stereocenters.